The third-order valence-corrected chi connectivity index (χ3v) is 7.35. The molecule has 0 bridgehead atoms. The molecule has 0 amide bonds. The zero-order chi connectivity index (χ0) is 24.8. The van der Waals surface area contributed by atoms with Gasteiger partial charge in [-0.05, 0) is 48.4 Å². The number of hydrogen-bond acceptors (Lipinski definition) is 4. The van der Waals surface area contributed by atoms with Gasteiger partial charge in [0.1, 0.15) is 6.10 Å². The predicted molar refractivity (Wildman–Crippen MR) is 141 cm³/mol. The standard InChI is InChI=1S/C30H27N3O3/c1-3-20(19-9-5-4-6-10-19)30(35)36-18(2)24-16-31-17-25-23(24)15-27-28-22(13-14-33(27)29(25)34)21-11-7-8-12-26(21)32-28/h4-12,15-18,20,32H,3,13-14H2,1-2H3/t18-,20?/m1/s1. The number of carbonyl (C=O) groups is 1. The molecular weight excluding hydrogens is 450 g/mol. The van der Waals surface area contributed by atoms with Crippen LogP contribution in [0.4, 0.5) is 0 Å². The van der Waals surface area contributed by atoms with Crippen LogP contribution in [0.1, 0.15) is 49.0 Å². The molecule has 1 N–H and O–H groups in total. The molecule has 6 nitrogen and oxygen atoms in total. The number of benzene rings is 2. The van der Waals surface area contributed by atoms with Crippen LogP contribution in [0.3, 0.4) is 0 Å². The van der Waals surface area contributed by atoms with Gasteiger partial charge in [0.2, 0.25) is 0 Å². The fourth-order valence-electron chi connectivity index (χ4n) is 5.49. The van der Waals surface area contributed by atoms with Crippen LogP contribution in [0.2, 0.25) is 0 Å². The molecule has 2 aromatic carbocycles. The number of H-pyrrole nitrogens is 1. The lowest BCUT2D eigenvalue weighted by molar-refractivity contribution is -0.150. The Morgan fingerprint density at radius 3 is 2.64 bits per heavy atom. The van der Waals surface area contributed by atoms with Gasteiger partial charge in [0, 0.05) is 35.4 Å². The van der Waals surface area contributed by atoms with Gasteiger partial charge in [-0.3, -0.25) is 14.6 Å². The molecule has 0 saturated carbocycles. The molecule has 180 valence electrons. The first-order chi connectivity index (χ1) is 17.6. The summed E-state index contributed by atoms with van der Waals surface area (Å²) in [6.45, 7) is 4.44. The molecule has 1 aliphatic heterocycles. The second-order valence-corrected chi connectivity index (χ2v) is 9.40. The molecule has 0 fully saturated rings. The molecular formula is C30H27N3O3. The van der Waals surface area contributed by atoms with Crippen molar-refractivity contribution in [1.29, 1.82) is 0 Å². The van der Waals surface area contributed by atoms with Gasteiger partial charge in [-0.2, -0.15) is 0 Å². The molecule has 0 saturated heterocycles. The summed E-state index contributed by atoms with van der Waals surface area (Å²) < 4.78 is 7.78. The summed E-state index contributed by atoms with van der Waals surface area (Å²) in [4.78, 5) is 34.5. The van der Waals surface area contributed by atoms with Crippen LogP contribution in [-0.4, -0.2) is 20.5 Å². The van der Waals surface area contributed by atoms with Crippen LogP contribution in [0, 0.1) is 0 Å². The lowest BCUT2D eigenvalue weighted by Crippen LogP contribution is -2.26. The number of nitrogens with one attached hydrogen (secondary N) is 1. The molecule has 0 aliphatic carbocycles. The Morgan fingerprint density at radius 1 is 1.06 bits per heavy atom. The molecule has 3 aromatic heterocycles. The molecule has 1 unspecified atom stereocenters. The van der Waals surface area contributed by atoms with Crippen molar-refractivity contribution in [2.45, 2.75) is 45.3 Å². The fraction of sp³-hybridized carbons (Fsp3) is 0.233. The smallest absolute Gasteiger partial charge is 0.314 e. The van der Waals surface area contributed by atoms with Crippen molar-refractivity contribution in [1.82, 2.24) is 14.5 Å². The maximum Gasteiger partial charge on any atom is 0.314 e. The van der Waals surface area contributed by atoms with Crippen LogP contribution < -0.4 is 5.56 Å². The third-order valence-electron chi connectivity index (χ3n) is 7.35. The van der Waals surface area contributed by atoms with Crippen molar-refractivity contribution >= 4 is 27.6 Å². The molecule has 1 aliphatic rings. The van der Waals surface area contributed by atoms with E-state index >= 15 is 0 Å². The first-order valence-corrected chi connectivity index (χ1v) is 12.4. The quantitative estimate of drug-likeness (QED) is 0.320. The Labute approximate surface area is 208 Å². The maximum atomic E-state index is 13.5. The second kappa shape index (κ2) is 8.79. The average molecular weight is 478 g/mol. The second-order valence-electron chi connectivity index (χ2n) is 9.40. The highest BCUT2D eigenvalue weighted by Crippen LogP contribution is 2.36. The normalized spacial score (nSPS) is 14.3. The minimum Gasteiger partial charge on any atom is -0.457 e. The van der Waals surface area contributed by atoms with Gasteiger partial charge in [-0.25, -0.2) is 0 Å². The van der Waals surface area contributed by atoms with Crippen LogP contribution >= 0.6 is 0 Å². The van der Waals surface area contributed by atoms with E-state index in [9.17, 15) is 9.59 Å². The number of rotatable bonds is 5. The summed E-state index contributed by atoms with van der Waals surface area (Å²) in [6.07, 6.45) is 4.19. The fourth-order valence-corrected chi connectivity index (χ4v) is 5.49. The van der Waals surface area contributed by atoms with Crippen molar-refractivity contribution in [2.24, 2.45) is 0 Å². The molecule has 5 aromatic rings. The topological polar surface area (TPSA) is 77.0 Å². The Hall–Kier alpha value is -4.19. The van der Waals surface area contributed by atoms with E-state index in [1.165, 1.54) is 10.9 Å². The number of esters is 1. The van der Waals surface area contributed by atoms with Gasteiger partial charge >= 0.3 is 5.97 Å². The first kappa shape index (κ1) is 22.3. The highest BCUT2D eigenvalue weighted by atomic mass is 16.5. The van der Waals surface area contributed by atoms with E-state index in [2.05, 4.69) is 22.1 Å². The van der Waals surface area contributed by atoms with E-state index in [0.717, 1.165) is 39.8 Å². The number of hydrogen-bond donors (Lipinski definition) is 1. The highest BCUT2D eigenvalue weighted by molar-refractivity contribution is 5.94. The van der Waals surface area contributed by atoms with Crippen LogP contribution in [0.5, 0.6) is 0 Å². The lowest BCUT2D eigenvalue weighted by atomic mass is 9.96. The summed E-state index contributed by atoms with van der Waals surface area (Å²) in [5, 5.41) is 2.49. The Morgan fingerprint density at radius 2 is 1.83 bits per heavy atom. The SMILES string of the molecule is CCC(C(=O)O[C@H](C)c1cncc2c(=O)n3c(cc12)-c1[nH]c2ccccc2c1CC3)c1ccccc1. The lowest BCUT2D eigenvalue weighted by Gasteiger charge is -2.22. The number of nitrogens with zero attached hydrogens (tertiary/aromatic N) is 2. The summed E-state index contributed by atoms with van der Waals surface area (Å²) in [7, 11) is 0. The van der Waals surface area contributed by atoms with Crippen LogP contribution in [-0.2, 0) is 22.5 Å². The van der Waals surface area contributed by atoms with Crippen molar-refractivity contribution in [3.8, 4) is 11.4 Å². The van der Waals surface area contributed by atoms with Crippen LogP contribution in [0.25, 0.3) is 33.1 Å². The van der Waals surface area contributed by atoms with Gasteiger partial charge in [-0.15, -0.1) is 0 Å². The van der Waals surface area contributed by atoms with Gasteiger partial charge < -0.3 is 14.3 Å². The zero-order valence-corrected chi connectivity index (χ0v) is 20.3. The Bertz CT molecular complexity index is 1670. The minimum absolute atomic E-state index is 0.0737. The largest absolute Gasteiger partial charge is 0.457 e. The number of fused-ring (bicyclic) bond motifs is 6. The van der Waals surface area contributed by atoms with E-state index in [1.807, 2.05) is 66.9 Å². The van der Waals surface area contributed by atoms with Crippen molar-refractivity contribution < 1.29 is 9.53 Å². The van der Waals surface area contributed by atoms with E-state index in [4.69, 9.17) is 4.74 Å². The molecule has 6 heteroatoms. The first-order valence-electron chi connectivity index (χ1n) is 12.4. The molecule has 6 rings (SSSR count). The molecule has 2 atom stereocenters. The zero-order valence-electron chi connectivity index (χ0n) is 20.3. The molecule has 0 spiro atoms. The van der Waals surface area contributed by atoms with Gasteiger partial charge in [0.25, 0.3) is 5.56 Å². The number of ether oxygens (including phenoxy) is 1. The number of pyridine rings is 2. The van der Waals surface area contributed by atoms with Crippen LogP contribution in [0.15, 0.2) is 77.9 Å². The molecule has 36 heavy (non-hydrogen) atoms. The van der Waals surface area contributed by atoms with Gasteiger partial charge in [0.05, 0.1) is 22.7 Å². The number of aryl methyl sites for hydroxylation is 1. The summed E-state index contributed by atoms with van der Waals surface area (Å²) in [5.74, 6) is -0.621. The van der Waals surface area contributed by atoms with Gasteiger partial charge in [-0.1, -0.05) is 55.5 Å². The Kier molecular flexibility index (Phi) is 5.44. The summed E-state index contributed by atoms with van der Waals surface area (Å²) in [6, 6.07) is 20.0. The number of carbonyl (C=O) groups excluding carboxylic acids is 1. The van der Waals surface area contributed by atoms with E-state index in [1.54, 1.807) is 12.4 Å². The third kappa shape index (κ3) is 3.52. The monoisotopic (exact) mass is 477 g/mol. The molecule has 4 heterocycles. The van der Waals surface area contributed by atoms with E-state index in [-0.39, 0.29) is 17.4 Å². The maximum absolute atomic E-state index is 13.5. The number of aromatic amines is 1. The van der Waals surface area contributed by atoms with E-state index in [0.29, 0.717) is 18.4 Å². The highest BCUT2D eigenvalue weighted by Gasteiger charge is 2.26. The predicted octanol–water partition coefficient (Wildman–Crippen LogP) is 5.90. The van der Waals surface area contributed by atoms with Crippen molar-refractivity contribution in [3.05, 3.63) is 100 Å². The summed E-state index contributed by atoms with van der Waals surface area (Å²) in [5.41, 5.74) is 5.71. The van der Waals surface area contributed by atoms with Crippen molar-refractivity contribution in [3.63, 3.8) is 0 Å². The van der Waals surface area contributed by atoms with Crippen molar-refractivity contribution in [2.75, 3.05) is 0 Å². The number of para-hydroxylation sites is 1. The van der Waals surface area contributed by atoms with E-state index < -0.39 is 6.10 Å². The van der Waals surface area contributed by atoms with Gasteiger partial charge in [0.15, 0.2) is 0 Å². The molecule has 0 radical (unpaired) electrons. The number of aromatic nitrogens is 3. The Balaban J connectivity index is 1.42. The summed E-state index contributed by atoms with van der Waals surface area (Å²) >= 11 is 0. The minimum atomic E-state index is -0.556. The average Bonchev–Trinajstić information content (AvgIpc) is 3.29.